The van der Waals surface area contributed by atoms with E-state index >= 15 is 0 Å². The van der Waals surface area contributed by atoms with Crippen molar-refractivity contribution in [3.8, 4) is 0 Å². The summed E-state index contributed by atoms with van der Waals surface area (Å²) in [6.07, 6.45) is 0. The van der Waals surface area contributed by atoms with Crippen LogP contribution >= 0.6 is 34.4 Å². The van der Waals surface area contributed by atoms with E-state index in [9.17, 15) is 4.79 Å². The Kier molecular flexibility index (Phi) is 6.90. The number of hydrogen-bond donors (Lipinski definition) is 2. The summed E-state index contributed by atoms with van der Waals surface area (Å²) in [6, 6.07) is 16.2. The highest BCUT2D eigenvalue weighted by molar-refractivity contribution is 8.00. The van der Waals surface area contributed by atoms with Gasteiger partial charge in [0.25, 0.3) is 5.91 Å². The third-order valence-corrected chi connectivity index (χ3v) is 7.35. The molecule has 0 atom stereocenters. The molecule has 0 bridgehead atoms. The van der Waals surface area contributed by atoms with Gasteiger partial charge in [-0.15, -0.1) is 20.4 Å². The number of nitrogens with one attached hydrogen (secondary N) is 2. The van der Waals surface area contributed by atoms with Crippen molar-refractivity contribution < 1.29 is 4.79 Å². The minimum atomic E-state index is -0.213. The van der Waals surface area contributed by atoms with Gasteiger partial charge in [-0.25, -0.2) is 0 Å². The minimum absolute atomic E-state index is 0.213. The number of thioether (sulfide) groups is 1. The maximum atomic E-state index is 12.3. The molecule has 0 fully saturated rings. The number of nitrogens with zero attached hydrogens (tertiary/aromatic N) is 4. The largest absolute Gasteiger partial charge is 0.346 e. The number of aryl methyl sites for hydroxylation is 2. The fraction of sp³-hybridized carbons (Fsp3) is 0.190. The average Bonchev–Trinajstić information content (AvgIpc) is 3.43. The first-order valence-corrected chi connectivity index (χ1v) is 12.1. The number of rotatable bonds is 8. The number of aromatic nitrogens is 4. The fourth-order valence-electron chi connectivity index (χ4n) is 2.57. The van der Waals surface area contributed by atoms with E-state index in [1.165, 1.54) is 45.6 Å². The molecular formula is C21H20N6OS3. The van der Waals surface area contributed by atoms with Crippen molar-refractivity contribution in [2.75, 3.05) is 5.32 Å². The molecule has 1 amide bonds. The Hall–Kier alpha value is -2.82. The number of benzene rings is 2. The van der Waals surface area contributed by atoms with E-state index in [4.69, 9.17) is 0 Å². The first-order chi connectivity index (χ1) is 15.0. The van der Waals surface area contributed by atoms with Crippen LogP contribution in [0.2, 0.25) is 0 Å². The molecule has 2 N–H and O–H groups in total. The standard InChI is InChI=1S/C21H20N6OS3/c1-13-3-7-15(8-4-13)11-22-18(28)19-25-24-17(30-19)12-29-21-27-26-20(31-21)23-16-9-5-14(2)6-10-16/h3-10H,11-12H2,1-2H3,(H,22,28)(H,23,26). The van der Waals surface area contributed by atoms with Gasteiger partial charge in [0.1, 0.15) is 5.01 Å². The van der Waals surface area contributed by atoms with E-state index in [0.29, 0.717) is 17.3 Å². The monoisotopic (exact) mass is 468 g/mol. The molecule has 0 unspecified atom stereocenters. The highest BCUT2D eigenvalue weighted by atomic mass is 32.2. The second-order valence-corrected chi connectivity index (χ2v) is 10.1. The summed E-state index contributed by atoms with van der Waals surface area (Å²) < 4.78 is 0.829. The van der Waals surface area contributed by atoms with Gasteiger partial charge in [0.05, 0.1) is 5.75 Å². The Bertz CT molecular complexity index is 1150. The zero-order valence-electron chi connectivity index (χ0n) is 17.0. The van der Waals surface area contributed by atoms with Gasteiger partial charge in [-0.1, -0.05) is 82.0 Å². The number of carbonyl (C=O) groups is 1. The second kappa shape index (κ2) is 9.99. The van der Waals surface area contributed by atoms with Gasteiger partial charge in [0.2, 0.25) is 10.1 Å². The summed E-state index contributed by atoms with van der Waals surface area (Å²) in [6.45, 7) is 4.55. The number of anilines is 2. The Morgan fingerprint density at radius 3 is 2.35 bits per heavy atom. The highest BCUT2D eigenvalue weighted by Crippen LogP contribution is 2.30. The van der Waals surface area contributed by atoms with E-state index in [2.05, 4.69) is 38.0 Å². The third kappa shape index (κ3) is 6.09. The first kappa shape index (κ1) is 21.4. The second-order valence-electron chi connectivity index (χ2n) is 6.82. The molecule has 0 aliphatic rings. The molecule has 0 aliphatic carbocycles. The van der Waals surface area contributed by atoms with Crippen LogP contribution in [0.1, 0.15) is 31.5 Å². The fourth-order valence-corrected chi connectivity index (χ4v) is 5.08. The maximum absolute atomic E-state index is 12.3. The predicted molar refractivity (Wildman–Crippen MR) is 126 cm³/mol. The van der Waals surface area contributed by atoms with Crippen molar-refractivity contribution in [2.45, 2.75) is 30.5 Å². The molecule has 31 heavy (non-hydrogen) atoms. The number of amides is 1. The van der Waals surface area contributed by atoms with Gasteiger partial charge < -0.3 is 10.6 Å². The van der Waals surface area contributed by atoms with Crippen molar-refractivity contribution in [3.63, 3.8) is 0 Å². The van der Waals surface area contributed by atoms with Crippen LogP contribution < -0.4 is 10.6 Å². The van der Waals surface area contributed by atoms with E-state index in [1.54, 1.807) is 0 Å². The zero-order valence-corrected chi connectivity index (χ0v) is 19.4. The SMILES string of the molecule is Cc1ccc(CNC(=O)c2nnc(CSc3nnc(Nc4ccc(C)cc4)s3)s2)cc1. The molecule has 0 saturated carbocycles. The predicted octanol–water partition coefficient (Wildman–Crippen LogP) is 4.97. The van der Waals surface area contributed by atoms with E-state index in [1.807, 2.05) is 55.5 Å². The Balaban J connectivity index is 1.27. The van der Waals surface area contributed by atoms with Crippen LogP contribution in [0, 0.1) is 13.8 Å². The topological polar surface area (TPSA) is 92.7 Å². The molecule has 7 nitrogen and oxygen atoms in total. The lowest BCUT2D eigenvalue weighted by molar-refractivity contribution is 0.0950. The summed E-state index contributed by atoms with van der Waals surface area (Å²) in [4.78, 5) is 12.3. The molecule has 4 rings (SSSR count). The molecule has 0 spiro atoms. The molecule has 0 aliphatic heterocycles. The number of carbonyl (C=O) groups excluding carboxylic acids is 1. The molecule has 0 radical (unpaired) electrons. The summed E-state index contributed by atoms with van der Waals surface area (Å²) in [5.41, 5.74) is 4.42. The molecule has 10 heteroatoms. The lowest BCUT2D eigenvalue weighted by Gasteiger charge is -2.03. The van der Waals surface area contributed by atoms with Crippen molar-refractivity contribution in [1.82, 2.24) is 25.7 Å². The van der Waals surface area contributed by atoms with Crippen LogP contribution in [0.15, 0.2) is 52.9 Å². The van der Waals surface area contributed by atoms with E-state index < -0.39 is 0 Å². The van der Waals surface area contributed by atoms with E-state index in [-0.39, 0.29) is 5.91 Å². The average molecular weight is 469 g/mol. The Morgan fingerprint density at radius 1 is 0.903 bits per heavy atom. The molecule has 0 saturated heterocycles. The molecule has 158 valence electrons. The number of hydrogen-bond acceptors (Lipinski definition) is 9. The quantitative estimate of drug-likeness (QED) is 0.353. The van der Waals surface area contributed by atoms with Crippen LogP contribution in [0.5, 0.6) is 0 Å². The maximum Gasteiger partial charge on any atom is 0.282 e. The van der Waals surface area contributed by atoms with Crippen LogP contribution in [-0.4, -0.2) is 26.3 Å². The van der Waals surface area contributed by atoms with Crippen molar-refractivity contribution >= 4 is 51.2 Å². The first-order valence-electron chi connectivity index (χ1n) is 9.51. The Morgan fingerprint density at radius 2 is 1.61 bits per heavy atom. The third-order valence-electron chi connectivity index (χ3n) is 4.26. The highest BCUT2D eigenvalue weighted by Gasteiger charge is 2.14. The Labute approximate surface area is 192 Å². The van der Waals surface area contributed by atoms with Crippen LogP contribution in [0.25, 0.3) is 0 Å². The lowest BCUT2D eigenvalue weighted by Crippen LogP contribution is -2.22. The minimum Gasteiger partial charge on any atom is -0.346 e. The normalized spacial score (nSPS) is 10.8. The van der Waals surface area contributed by atoms with E-state index in [0.717, 1.165) is 25.7 Å². The van der Waals surface area contributed by atoms with Gasteiger partial charge in [0.15, 0.2) is 4.34 Å². The molecule has 2 aromatic carbocycles. The molecular weight excluding hydrogens is 448 g/mol. The van der Waals surface area contributed by atoms with Crippen molar-refractivity contribution in [1.29, 1.82) is 0 Å². The van der Waals surface area contributed by atoms with Crippen molar-refractivity contribution in [2.24, 2.45) is 0 Å². The molecule has 4 aromatic rings. The molecule has 2 aromatic heterocycles. The summed E-state index contributed by atoms with van der Waals surface area (Å²) in [5.74, 6) is 0.372. The van der Waals surface area contributed by atoms with Gasteiger partial charge in [-0.05, 0) is 31.5 Å². The van der Waals surface area contributed by atoms with Gasteiger partial charge in [-0.3, -0.25) is 4.79 Å². The van der Waals surface area contributed by atoms with Gasteiger partial charge in [0, 0.05) is 12.2 Å². The summed E-state index contributed by atoms with van der Waals surface area (Å²) >= 11 is 4.30. The van der Waals surface area contributed by atoms with Crippen LogP contribution in [0.3, 0.4) is 0 Å². The van der Waals surface area contributed by atoms with Gasteiger partial charge in [-0.2, -0.15) is 0 Å². The summed E-state index contributed by atoms with van der Waals surface area (Å²) in [7, 11) is 0. The molecule has 2 heterocycles. The van der Waals surface area contributed by atoms with Gasteiger partial charge >= 0.3 is 0 Å². The van der Waals surface area contributed by atoms with Crippen molar-refractivity contribution in [3.05, 3.63) is 75.2 Å². The van der Waals surface area contributed by atoms with Crippen LogP contribution in [0.4, 0.5) is 10.8 Å². The lowest BCUT2D eigenvalue weighted by atomic mass is 10.1. The zero-order chi connectivity index (χ0) is 21.6. The van der Waals surface area contributed by atoms with Crippen LogP contribution in [-0.2, 0) is 12.3 Å². The smallest absolute Gasteiger partial charge is 0.282 e. The summed E-state index contributed by atoms with van der Waals surface area (Å²) in [5, 5.41) is 24.5.